The summed E-state index contributed by atoms with van der Waals surface area (Å²) in [5.74, 6) is 1.56. The Bertz CT molecular complexity index is 891. The summed E-state index contributed by atoms with van der Waals surface area (Å²) in [6.07, 6.45) is 7.63. The predicted molar refractivity (Wildman–Crippen MR) is 133 cm³/mol. The van der Waals surface area contributed by atoms with E-state index in [2.05, 4.69) is 40.2 Å². The smallest absolute Gasteiger partial charge is 0.293 e. The summed E-state index contributed by atoms with van der Waals surface area (Å²) >= 11 is 0. The minimum absolute atomic E-state index is 0.145. The van der Waals surface area contributed by atoms with Gasteiger partial charge in [0.05, 0.1) is 20.3 Å². The predicted octanol–water partition coefficient (Wildman–Crippen LogP) is 5.27. The average Bonchev–Trinajstić information content (AvgIpc) is 2.93. The van der Waals surface area contributed by atoms with E-state index in [1.165, 1.54) is 19.3 Å². The monoisotopic (exact) mass is 473 g/mol. The van der Waals surface area contributed by atoms with E-state index in [9.17, 15) is 9.90 Å². The van der Waals surface area contributed by atoms with Gasteiger partial charge in [0, 0.05) is 24.3 Å². The maximum absolute atomic E-state index is 10.7. The van der Waals surface area contributed by atoms with E-state index in [-0.39, 0.29) is 5.75 Å². The zero-order valence-corrected chi connectivity index (χ0v) is 20.9. The number of aromatic nitrogens is 2. The van der Waals surface area contributed by atoms with Crippen LogP contribution in [-0.2, 0) is 27.3 Å². The number of unbranched alkanes of at least 4 members (excludes halogenated alkanes) is 2. The van der Waals surface area contributed by atoms with Crippen molar-refractivity contribution in [3.63, 3.8) is 0 Å². The molecule has 0 saturated heterocycles. The zero-order chi connectivity index (χ0) is 24.8. The topological polar surface area (TPSA) is 103 Å². The van der Waals surface area contributed by atoms with Crippen molar-refractivity contribution in [2.75, 3.05) is 25.6 Å². The molecule has 1 aromatic heterocycles. The van der Waals surface area contributed by atoms with Crippen LogP contribution < -0.4 is 10.1 Å². The fourth-order valence-electron chi connectivity index (χ4n) is 3.91. The summed E-state index contributed by atoms with van der Waals surface area (Å²) in [5, 5.41) is 23.2. The lowest BCUT2D eigenvalue weighted by Gasteiger charge is -2.19. The van der Waals surface area contributed by atoms with Gasteiger partial charge in [-0.2, -0.15) is 0 Å². The van der Waals surface area contributed by atoms with Crippen LogP contribution in [0.3, 0.4) is 0 Å². The van der Waals surface area contributed by atoms with Crippen molar-refractivity contribution in [2.24, 2.45) is 0 Å². The number of nitrogens with zero attached hydrogens (tertiary/aromatic N) is 2. The number of carbonyl (C=O) groups is 1. The molecule has 0 radical (unpaired) electrons. The van der Waals surface area contributed by atoms with Crippen LogP contribution in [-0.4, -0.2) is 48.1 Å². The molecule has 8 nitrogen and oxygen atoms in total. The summed E-state index contributed by atoms with van der Waals surface area (Å²) in [6, 6.07) is 6.01. The van der Waals surface area contributed by atoms with E-state index in [1.807, 2.05) is 6.07 Å². The highest BCUT2D eigenvalue weighted by Gasteiger charge is 2.21. The second-order valence-corrected chi connectivity index (χ2v) is 8.24. The van der Waals surface area contributed by atoms with E-state index in [0.717, 1.165) is 48.3 Å². The number of hydrogen-bond acceptors (Lipinski definition) is 8. The van der Waals surface area contributed by atoms with Gasteiger partial charge in [0.15, 0.2) is 0 Å². The molecule has 2 N–H and O–H groups in total. The third kappa shape index (κ3) is 8.17. The highest BCUT2D eigenvalue weighted by atomic mass is 16.5. The highest BCUT2D eigenvalue weighted by molar-refractivity contribution is 5.75. The first-order chi connectivity index (χ1) is 16.6. The molecular formula is C26H39N3O5. The van der Waals surface area contributed by atoms with Crippen molar-refractivity contribution in [1.29, 1.82) is 0 Å². The standard InChI is InChI=1S/C23H33N3O3.C3H6O2/c1-4-6-7-10-18(5-2)24-21-13-16-9-8-11-29-15-17-12-19(28-3)14-20(27)22(17)23(16)26-25-21;1-2-5-3-4/h12-14,18,27H,4-11,15H2,1-3H3,(H,24,25);3H,2H2,1H3. The number of ether oxygens (including phenoxy) is 3. The van der Waals surface area contributed by atoms with Gasteiger partial charge < -0.3 is 24.6 Å². The zero-order valence-electron chi connectivity index (χ0n) is 20.9. The van der Waals surface area contributed by atoms with Gasteiger partial charge in [-0.25, -0.2) is 0 Å². The molecule has 0 fully saturated rings. The minimum atomic E-state index is 0.145. The van der Waals surface area contributed by atoms with Crippen molar-refractivity contribution >= 4 is 12.3 Å². The van der Waals surface area contributed by atoms with Crippen molar-refractivity contribution in [1.82, 2.24) is 10.2 Å². The fourth-order valence-corrected chi connectivity index (χ4v) is 3.91. The number of rotatable bonds is 10. The van der Waals surface area contributed by atoms with Crippen LogP contribution in [0.4, 0.5) is 5.82 Å². The Balaban J connectivity index is 0.000000739. The molecule has 2 heterocycles. The maximum Gasteiger partial charge on any atom is 0.293 e. The molecule has 0 spiro atoms. The summed E-state index contributed by atoms with van der Waals surface area (Å²) in [6.45, 7) is 8.17. The first kappa shape index (κ1) is 27.4. The molecule has 3 rings (SSSR count). The number of carbonyl (C=O) groups excluding carboxylic acids is 1. The van der Waals surface area contributed by atoms with Crippen LogP contribution in [0, 0.1) is 0 Å². The van der Waals surface area contributed by atoms with Crippen molar-refractivity contribution in [2.45, 2.75) is 78.4 Å². The Morgan fingerprint density at radius 3 is 2.65 bits per heavy atom. The second-order valence-electron chi connectivity index (χ2n) is 8.24. The van der Waals surface area contributed by atoms with Crippen molar-refractivity contribution in [3.8, 4) is 22.8 Å². The Hall–Kier alpha value is -2.87. The lowest BCUT2D eigenvalue weighted by molar-refractivity contribution is -0.128. The lowest BCUT2D eigenvalue weighted by atomic mass is 9.97. The fraction of sp³-hybridized carbons (Fsp3) is 0.577. The van der Waals surface area contributed by atoms with Crippen LogP contribution in [0.25, 0.3) is 11.3 Å². The third-order valence-electron chi connectivity index (χ3n) is 5.75. The van der Waals surface area contributed by atoms with Crippen LogP contribution in [0.5, 0.6) is 11.5 Å². The van der Waals surface area contributed by atoms with Gasteiger partial charge in [0.25, 0.3) is 6.47 Å². The number of phenolic OH excluding ortho intramolecular Hbond substituents is 1. The number of anilines is 1. The summed E-state index contributed by atoms with van der Waals surface area (Å²) < 4.78 is 15.3. The SMILES string of the molecule is CCCCCC(CC)Nc1cc2c(nn1)-c1c(O)cc(OC)cc1COCCC2.CCOC=O. The molecule has 0 aliphatic carbocycles. The van der Waals surface area contributed by atoms with Gasteiger partial charge in [-0.05, 0) is 55.9 Å². The minimum Gasteiger partial charge on any atom is -0.507 e. The molecule has 8 heteroatoms. The molecule has 2 aromatic rings. The third-order valence-corrected chi connectivity index (χ3v) is 5.75. The van der Waals surface area contributed by atoms with Crippen molar-refractivity contribution < 1.29 is 24.1 Å². The molecule has 1 aliphatic rings. The van der Waals surface area contributed by atoms with Crippen LogP contribution in [0.1, 0.15) is 70.4 Å². The summed E-state index contributed by atoms with van der Waals surface area (Å²) in [7, 11) is 1.59. The van der Waals surface area contributed by atoms with Crippen molar-refractivity contribution in [3.05, 3.63) is 29.3 Å². The van der Waals surface area contributed by atoms with Crippen LogP contribution >= 0.6 is 0 Å². The summed E-state index contributed by atoms with van der Waals surface area (Å²) in [4.78, 5) is 9.18. The van der Waals surface area contributed by atoms with Gasteiger partial charge in [0.2, 0.25) is 0 Å². The first-order valence-corrected chi connectivity index (χ1v) is 12.2. The lowest BCUT2D eigenvalue weighted by Crippen LogP contribution is -2.19. The number of hydrogen-bond donors (Lipinski definition) is 2. The van der Waals surface area contributed by atoms with Crippen LogP contribution in [0.15, 0.2) is 18.2 Å². The van der Waals surface area contributed by atoms with Gasteiger partial charge in [-0.3, -0.25) is 4.79 Å². The molecule has 1 aromatic carbocycles. The quantitative estimate of drug-likeness (QED) is 0.355. The van der Waals surface area contributed by atoms with E-state index in [4.69, 9.17) is 9.47 Å². The number of aromatic hydroxyl groups is 1. The molecule has 0 saturated carbocycles. The van der Waals surface area contributed by atoms with Gasteiger partial charge >= 0.3 is 0 Å². The number of aryl methyl sites for hydroxylation is 1. The van der Waals surface area contributed by atoms with Crippen LogP contribution in [0.2, 0.25) is 0 Å². The van der Waals surface area contributed by atoms with E-state index >= 15 is 0 Å². The molecule has 34 heavy (non-hydrogen) atoms. The Morgan fingerprint density at radius 2 is 2.00 bits per heavy atom. The van der Waals surface area contributed by atoms with Gasteiger partial charge in [-0.1, -0.05) is 33.1 Å². The Morgan fingerprint density at radius 1 is 1.18 bits per heavy atom. The molecule has 1 unspecified atom stereocenters. The molecule has 0 bridgehead atoms. The number of fused-ring (bicyclic) bond motifs is 3. The Kier molecular flexibility index (Phi) is 12.2. The maximum atomic E-state index is 10.7. The Labute approximate surface area is 203 Å². The number of methoxy groups -OCH3 is 1. The molecular weight excluding hydrogens is 434 g/mol. The summed E-state index contributed by atoms with van der Waals surface area (Å²) in [5.41, 5.74) is 3.37. The van der Waals surface area contributed by atoms with E-state index in [0.29, 0.717) is 43.6 Å². The normalized spacial score (nSPS) is 13.5. The average molecular weight is 474 g/mol. The molecule has 1 aliphatic heterocycles. The first-order valence-electron chi connectivity index (χ1n) is 12.2. The molecule has 1 atom stereocenters. The van der Waals surface area contributed by atoms with Gasteiger partial charge in [0.1, 0.15) is 23.0 Å². The number of phenols is 1. The number of nitrogens with one attached hydrogen (secondary N) is 1. The molecule has 188 valence electrons. The van der Waals surface area contributed by atoms with E-state index in [1.54, 1.807) is 20.1 Å². The van der Waals surface area contributed by atoms with Gasteiger partial charge in [-0.15, -0.1) is 10.2 Å². The molecule has 0 amide bonds. The second kappa shape index (κ2) is 15.1. The largest absolute Gasteiger partial charge is 0.507 e. The number of benzene rings is 1. The highest BCUT2D eigenvalue weighted by Crippen LogP contribution is 2.38. The van der Waals surface area contributed by atoms with E-state index < -0.39 is 0 Å².